The first-order valence-electron chi connectivity index (χ1n) is 10.6. The number of rotatable bonds is 4. The van der Waals surface area contributed by atoms with Gasteiger partial charge in [0.05, 0.1) is 22.8 Å². The summed E-state index contributed by atoms with van der Waals surface area (Å²) in [5, 5.41) is 5.04. The fourth-order valence-corrected chi connectivity index (χ4v) is 4.05. The summed E-state index contributed by atoms with van der Waals surface area (Å²) in [5.41, 5.74) is 4.10. The van der Waals surface area contributed by atoms with Crippen molar-refractivity contribution in [2.24, 2.45) is 5.10 Å². The smallest absolute Gasteiger partial charge is 0.282 e. The summed E-state index contributed by atoms with van der Waals surface area (Å²) >= 11 is 0. The number of para-hydroxylation sites is 2. The maximum atomic E-state index is 14.4. The predicted molar refractivity (Wildman–Crippen MR) is 130 cm³/mol. The summed E-state index contributed by atoms with van der Waals surface area (Å²) in [4.78, 5) is 18.0. The molecule has 0 aliphatic carbocycles. The van der Waals surface area contributed by atoms with Gasteiger partial charge in [-0.1, -0.05) is 54.6 Å². The van der Waals surface area contributed by atoms with Crippen molar-refractivity contribution >= 4 is 17.1 Å². The molecule has 33 heavy (non-hydrogen) atoms. The Morgan fingerprint density at radius 3 is 2.39 bits per heavy atom. The van der Waals surface area contributed by atoms with Crippen LogP contribution in [0.15, 0.2) is 94.8 Å². The number of hydrogen-bond donors (Lipinski definition) is 0. The van der Waals surface area contributed by atoms with E-state index in [4.69, 9.17) is 4.98 Å². The Labute approximate surface area is 190 Å². The van der Waals surface area contributed by atoms with Crippen molar-refractivity contribution in [2.45, 2.75) is 13.8 Å². The van der Waals surface area contributed by atoms with E-state index in [1.54, 1.807) is 30.5 Å². The molecule has 0 N–H and O–H groups in total. The van der Waals surface area contributed by atoms with Crippen LogP contribution in [-0.4, -0.2) is 20.4 Å². The molecule has 0 atom stereocenters. The van der Waals surface area contributed by atoms with Gasteiger partial charge in [-0.25, -0.2) is 9.37 Å². The van der Waals surface area contributed by atoms with Gasteiger partial charge in [0.1, 0.15) is 5.82 Å². The van der Waals surface area contributed by atoms with E-state index in [0.717, 1.165) is 22.5 Å². The number of aryl methyl sites for hydroxylation is 1. The molecule has 0 radical (unpaired) electrons. The Morgan fingerprint density at radius 2 is 1.61 bits per heavy atom. The molecule has 0 bridgehead atoms. The third-order valence-electron chi connectivity index (χ3n) is 5.66. The molecule has 5 rings (SSSR count). The average molecular weight is 436 g/mol. The van der Waals surface area contributed by atoms with E-state index in [1.165, 1.54) is 10.7 Å². The molecule has 0 spiro atoms. The average Bonchev–Trinajstić information content (AvgIpc) is 3.12. The van der Waals surface area contributed by atoms with Crippen molar-refractivity contribution in [1.82, 2.24) is 14.2 Å². The van der Waals surface area contributed by atoms with Crippen LogP contribution in [0.5, 0.6) is 0 Å². The Hall–Kier alpha value is -4.32. The molecule has 2 heterocycles. The molecule has 0 saturated heterocycles. The first kappa shape index (κ1) is 20.6. The molecule has 0 aliphatic heterocycles. The lowest BCUT2D eigenvalue weighted by atomic mass is 10.2. The molecule has 0 saturated carbocycles. The second kappa shape index (κ2) is 8.31. The standard InChI is InChI=1S/C27H21FN4O/c1-18-16-21(19(2)31(18)25-15-9-7-13-23(25)28)17-29-32-26(20-10-4-3-5-11-20)30-24-14-8-6-12-22(24)27(32)33/h3-17H,1-2H3. The minimum atomic E-state index is -0.302. The zero-order valence-corrected chi connectivity index (χ0v) is 18.2. The van der Waals surface area contributed by atoms with Gasteiger partial charge in [0.15, 0.2) is 5.82 Å². The Bertz CT molecular complexity index is 1560. The highest BCUT2D eigenvalue weighted by Crippen LogP contribution is 2.23. The third-order valence-corrected chi connectivity index (χ3v) is 5.66. The summed E-state index contributed by atoms with van der Waals surface area (Å²) in [6, 6.07) is 25.3. The summed E-state index contributed by atoms with van der Waals surface area (Å²) in [6.07, 6.45) is 1.63. The zero-order valence-electron chi connectivity index (χ0n) is 18.2. The molecule has 2 aromatic heterocycles. The second-order valence-corrected chi connectivity index (χ2v) is 7.79. The molecular weight excluding hydrogens is 415 g/mol. The van der Waals surface area contributed by atoms with Crippen LogP contribution >= 0.6 is 0 Å². The topological polar surface area (TPSA) is 52.2 Å². The molecule has 6 heteroatoms. The van der Waals surface area contributed by atoms with Crippen molar-refractivity contribution in [3.8, 4) is 17.1 Å². The zero-order chi connectivity index (χ0) is 22.9. The molecular formula is C27H21FN4O. The first-order valence-corrected chi connectivity index (χ1v) is 10.6. The molecule has 0 aliphatic rings. The van der Waals surface area contributed by atoms with Crippen LogP contribution in [0, 0.1) is 19.7 Å². The Morgan fingerprint density at radius 1 is 0.909 bits per heavy atom. The van der Waals surface area contributed by atoms with E-state index in [2.05, 4.69) is 5.10 Å². The van der Waals surface area contributed by atoms with Gasteiger partial charge in [-0.15, -0.1) is 0 Å². The Balaban J connectivity index is 1.67. The molecule has 5 aromatic rings. The van der Waals surface area contributed by atoms with Gasteiger partial charge < -0.3 is 4.57 Å². The molecule has 3 aromatic carbocycles. The highest BCUT2D eigenvalue weighted by molar-refractivity contribution is 5.83. The van der Waals surface area contributed by atoms with Gasteiger partial charge in [-0.3, -0.25) is 4.79 Å². The maximum Gasteiger partial charge on any atom is 0.282 e. The molecule has 0 amide bonds. The molecule has 162 valence electrons. The lowest BCUT2D eigenvalue weighted by Gasteiger charge is -2.10. The van der Waals surface area contributed by atoms with E-state index in [-0.39, 0.29) is 11.4 Å². The van der Waals surface area contributed by atoms with Crippen LogP contribution in [0.3, 0.4) is 0 Å². The minimum absolute atomic E-state index is 0.251. The number of fused-ring (bicyclic) bond motifs is 1. The van der Waals surface area contributed by atoms with Gasteiger partial charge in [0.25, 0.3) is 5.56 Å². The minimum Gasteiger partial charge on any atom is -0.315 e. The second-order valence-electron chi connectivity index (χ2n) is 7.79. The van der Waals surface area contributed by atoms with Crippen LogP contribution < -0.4 is 5.56 Å². The van der Waals surface area contributed by atoms with E-state index >= 15 is 0 Å². The lowest BCUT2D eigenvalue weighted by molar-refractivity contribution is 0.616. The van der Waals surface area contributed by atoms with Crippen molar-refractivity contribution in [1.29, 1.82) is 0 Å². The SMILES string of the molecule is Cc1cc(C=Nn2c(-c3ccccc3)nc3ccccc3c2=O)c(C)n1-c1ccccc1F. The van der Waals surface area contributed by atoms with Gasteiger partial charge in [-0.05, 0) is 44.2 Å². The number of halogens is 1. The fraction of sp³-hybridized carbons (Fsp3) is 0.0741. The highest BCUT2D eigenvalue weighted by atomic mass is 19.1. The monoisotopic (exact) mass is 436 g/mol. The van der Waals surface area contributed by atoms with Crippen LogP contribution in [0.1, 0.15) is 17.0 Å². The molecule has 0 unspecified atom stereocenters. The van der Waals surface area contributed by atoms with Crippen LogP contribution in [-0.2, 0) is 0 Å². The van der Waals surface area contributed by atoms with Gasteiger partial charge >= 0.3 is 0 Å². The van der Waals surface area contributed by atoms with E-state index in [0.29, 0.717) is 22.4 Å². The maximum absolute atomic E-state index is 14.4. The summed E-state index contributed by atoms with van der Waals surface area (Å²) in [6.45, 7) is 3.82. The van der Waals surface area contributed by atoms with Crippen molar-refractivity contribution in [3.05, 3.63) is 118 Å². The van der Waals surface area contributed by atoms with Crippen LogP contribution in [0.25, 0.3) is 28.0 Å². The third kappa shape index (κ3) is 3.65. The summed E-state index contributed by atoms with van der Waals surface area (Å²) in [5.74, 6) is 0.155. The first-order chi connectivity index (χ1) is 16.0. The normalized spacial score (nSPS) is 11.5. The van der Waals surface area contributed by atoms with Crippen LogP contribution in [0.4, 0.5) is 4.39 Å². The lowest BCUT2D eigenvalue weighted by Crippen LogP contribution is -2.20. The molecule has 5 nitrogen and oxygen atoms in total. The van der Waals surface area contributed by atoms with Crippen molar-refractivity contribution in [2.75, 3.05) is 0 Å². The van der Waals surface area contributed by atoms with E-state index in [1.807, 2.05) is 73.0 Å². The molecule has 0 fully saturated rings. The van der Waals surface area contributed by atoms with Gasteiger partial charge in [0.2, 0.25) is 0 Å². The van der Waals surface area contributed by atoms with E-state index in [9.17, 15) is 9.18 Å². The van der Waals surface area contributed by atoms with Gasteiger partial charge in [-0.2, -0.15) is 9.78 Å². The summed E-state index contributed by atoms with van der Waals surface area (Å²) < 4.78 is 17.6. The van der Waals surface area contributed by atoms with Gasteiger partial charge in [0, 0.05) is 22.5 Å². The van der Waals surface area contributed by atoms with Crippen molar-refractivity contribution < 1.29 is 4.39 Å². The number of nitrogens with zero attached hydrogens (tertiary/aromatic N) is 4. The van der Waals surface area contributed by atoms with Crippen LogP contribution in [0.2, 0.25) is 0 Å². The number of aromatic nitrogens is 3. The fourth-order valence-electron chi connectivity index (χ4n) is 4.05. The van der Waals surface area contributed by atoms with Crippen molar-refractivity contribution in [3.63, 3.8) is 0 Å². The number of benzene rings is 3. The predicted octanol–water partition coefficient (Wildman–Crippen LogP) is 5.49. The number of hydrogen-bond acceptors (Lipinski definition) is 3. The largest absolute Gasteiger partial charge is 0.315 e. The Kier molecular flexibility index (Phi) is 5.18. The van der Waals surface area contributed by atoms with E-state index < -0.39 is 0 Å². The summed E-state index contributed by atoms with van der Waals surface area (Å²) in [7, 11) is 0. The highest BCUT2D eigenvalue weighted by Gasteiger charge is 2.14. The quantitative estimate of drug-likeness (QED) is 0.350.